The minimum atomic E-state index is -3.34. The average Bonchev–Trinajstić information content (AvgIpc) is 2.81. The van der Waals surface area contributed by atoms with Crippen molar-refractivity contribution in [2.75, 3.05) is 25.1 Å². The van der Waals surface area contributed by atoms with Crippen LogP contribution in [0.5, 0.6) is 0 Å². The summed E-state index contributed by atoms with van der Waals surface area (Å²) in [5.41, 5.74) is 5.54. The SMILES string of the molecule is C[C@@]1(O)CN(S(C)(=O)=O)CC[C@H]1n1cnc2c(N)ncnc21. The first-order valence-electron chi connectivity index (χ1n) is 6.80. The molecule has 22 heavy (non-hydrogen) atoms. The Balaban J connectivity index is 2.00. The van der Waals surface area contributed by atoms with Crippen molar-refractivity contribution in [3.63, 3.8) is 0 Å². The summed E-state index contributed by atoms with van der Waals surface area (Å²) < 4.78 is 26.4. The Bertz CT molecular complexity index is 815. The number of nitrogens with zero attached hydrogens (tertiary/aromatic N) is 5. The summed E-state index contributed by atoms with van der Waals surface area (Å²) in [6, 6.07) is -0.343. The van der Waals surface area contributed by atoms with Crippen molar-refractivity contribution >= 4 is 27.0 Å². The summed E-state index contributed by atoms with van der Waals surface area (Å²) in [6.45, 7) is 1.97. The fourth-order valence-electron chi connectivity index (χ4n) is 2.94. The van der Waals surface area contributed by atoms with E-state index in [4.69, 9.17) is 5.73 Å². The second-order valence-corrected chi connectivity index (χ2v) is 7.82. The van der Waals surface area contributed by atoms with Gasteiger partial charge in [0, 0.05) is 13.1 Å². The molecule has 2 atom stereocenters. The molecule has 0 spiro atoms. The summed E-state index contributed by atoms with van der Waals surface area (Å²) in [6.07, 6.45) is 4.50. The van der Waals surface area contributed by atoms with E-state index in [1.165, 1.54) is 10.6 Å². The van der Waals surface area contributed by atoms with Crippen LogP contribution in [0.4, 0.5) is 5.82 Å². The quantitative estimate of drug-likeness (QED) is 0.751. The fraction of sp³-hybridized carbons (Fsp3) is 0.583. The number of imidazole rings is 1. The van der Waals surface area contributed by atoms with Gasteiger partial charge in [-0.15, -0.1) is 0 Å². The van der Waals surface area contributed by atoms with Crippen LogP contribution in [0.15, 0.2) is 12.7 Å². The predicted octanol–water partition coefficient (Wildman–Crippen LogP) is -0.634. The Hall–Kier alpha value is -1.78. The first kappa shape index (κ1) is 15.1. The summed E-state index contributed by atoms with van der Waals surface area (Å²) in [4.78, 5) is 12.3. The van der Waals surface area contributed by atoms with Crippen LogP contribution in [0.3, 0.4) is 0 Å². The van der Waals surface area contributed by atoms with Gasteiger partial charge in [0.25, 0.3) is 0 Å². The molecule has 120 valence electrons. The maximum atomic E-state index is 11.7. The van der Waals surface area contributed by atoms with E-state index in [1.807, 2.05) is 0 Å². The Kier molecular flexibility index (Phi) is 3.34. The van der Waals surface area contributed by atoms with Crippen LogP contribution < -0.4 is 5.73 Å². The van der Waals surface area contributed by atoms with Gasteiger partial charge in [-0.25, -0.2) is 23.4 Å². The smallest absolute Gasteiger partial charge is 0.211 e. The van der Waals surface area contributed by atoms with Crippen LogP contribution in [-0.2, 0) is 10.0 Å². The zero-order chi connectivity index (χ0) is 16.1. The molecular formula is C12H18N6O3S. The van der Waals surface area contributed by atoms with Crippen LogP contribution in [0.1, 0.15) is 19.4 Å². The molecule has 2 aromatic heterocycles. The number of β-amino-alcohol motifs (C(OH)–C–C–N with tert-alkyl or cyclic N) is 1. The first-order valence-corrected chi connectivity index (χ1v) is 8.65. The van der Waals surface area contributed by atoms with Crippen LogP contribution >= 0.6 is 0 Å². The third-order valence-corrected chi connectivity index (χ3v) is 5.31. The fourth-order valence-corrected chi connectivity index (χ4v) is 3.87. The lowest BCUT2D eigenvalue weighted by atomic mass is 9.90. The van der Waals surface area contributed by atoms with Crippen LogP contribution in [-0.4, -0.2) is 62.3 Å². The van der Waals surface area contributed by atoms with Gasteiger partial charge in [0.2, 0.25) is 10.0 Å². The van der Waals surface area contributed by atoms with Crippen molar-refractivity contribution in [1.29, 1.82) is 0 Å². The van der Waals surface area contributed by atoms with Gasteiger partial charge in [-0.2, -0.15) is 4.31 Å². The van der Waals surface area contributed by atoms with Gasteiger partial charge in [0.15, 0.2) is 11.5 Å². The van der Waals surface area contributed by atoms with Crippen molar-refractivity contribution in [2.45, 2.75) is 25.0 Å². The highest BCUT2D eigenvalue weighted by Gasteiger charge is 2.42. The molecule has 0 amide bonds. The standard InChI is InChI=1S/C12H18N6O3S/c1-12(19)5-17(22(2,20)21)4-3-8(12)18-7-16-9-10(13)14-6-15-11(9)18/h6-8,19H,3-5H2,1-2H3,(H2,13,14,15)/t8-,12-/m1/s1. The minimum absolute atomic E-state index is 0.0245. The van der Waals surface area contributed by atoms with E-state index < -0.39 is 15.6 Å². The lowest BCUT2D eigenvalue weighted by molar-refractivity contribution is -0.0343. The monoisotopic (exact) mass is 326 g/mol. The second-order valence-electron chi connectivity index (χ2n) is 5.84. The number of aromatic nitrogens is 4. The van der Waals surface area contributed by atoms with Crippen molar-refractivity contribution in [3.05, 3.63) is 12.7 Å². The van der Waals surface area contributed by atoms with Gasteiger partial charge < -0.3 is 15.4 Å². The highest BCUT2D eigenvalue weighted by atomic mass is 32.2. The zero-order valence-corrected chi connectivity index (χ0v) is 13.2. The molecule has 10 heteroatoms. The molecule has 3 heterocycles. The third kappa shape index (κ3) is 2.42. The molecule has 1 fully saturated rings. The van der Waals surface area contributed by atoms with E-state index >= 15 is 0 Å². The molecule has 0 saturated carbocycles. The number of piperidine rings is 1. The largest absolute Gasteiger partial charge is 0.387 e. The van der Waals surface area contributed by atoms with Crippen molar-refractivity contribution in [3.8, 4) is 0 Å². The van der Waals surface area contributed by atoms with Crippen LogP contribution in [0, 0.1) is 0 Å². The number of nitrogens with two attached hydrogens (primary N) is 1. The molecule has 0 unspecified atom stereocenters. The highest BCUT2D eigenvalue weighted by Crippen LogP contribution is 2.34. The van der Waals surface area contributed by atoms with E-state index in [0.29, 0.717) is 24.1 Å². The van der Waals surface area contributed by atoms with Gasteiger partial charge in [0.05, 0.1) is 24.2 Å². The minimum Gasteiger partial charge on any atom is -0.387 e. The van der Waals surface area contributed by atoms with Crippen LogP contribution in [0.2, 0.25) is 0 Å². The lowest BCUT2D eigenvalue weighted by Crippen LogP contribution is -2.53. The third-order valence-electron chi connectivity index (χ3n) is 4.06. The second kappa shape index (κ2) is 4.86. The van der Waals surface area contributed by atoms with Gasteiger partial charge in [-0.1, -0.05) is 0 Å². The van der Waals surface area contributed by atoms with Gasteiger partial charge in [-0.05, 0) is 13.3 Å². The molecule has 3 N–H and O–H groups in total. The average molecular weight is 326 g/mol. The number of anilines is 1. The molecule has 1 aliphatic rings. The predicted molar refractivity (Wildman–Crippen MR) is 80.4 cm³/mol. The van der Waals surface area contributed by atoms with Crippen molar-refractivity contribution in [2.24, 2.45) is 0 Å². The van der Waals surface area contributed by atoms with Crippen molar-refractivity contribution in [1.82, 2.24) is 23.8 Å². The number of rotatable bonds is 2. The molecule has 0 aromatic carbocycles. The number of aliphatic hydroxyl groups is 1. The first-order chi connectivity index (χ1) is 10.2. The van der Waals surface area contributed by atoms with Gasteiger partial charge in [-0.3, -0.25) is 0 Å². The normalized spacial score (nSPS) is 27.3. The van der Waals surface area contributed by atoms with Gasteiger partial charge >= 0.3 is 0 Å². The molecule has 9 nitrogen and oxygen atoms in total. The summed E-state index contributed by atoms with van der Waals surface area (Å²) in [5, 5.41) is 10.7. The van der Waals surface area contributed by atoms with E-state index in [0.717, 1.165) is 6.26 Å². The molecule has 1 saturated heterocycles. The number of fused-ring (bicyclic) bond motifs is 1. The lowest BCUT2D eigenvalue weighted by Gasteiger charge is -2.42. The molecule has 3 rings (SSSR count). The molecule has 1 aliphatic heterocycles. The molecule has 0 bridgehead atoms. The number of hydrogen-bond donors (Lipinski definition) is 2. The Morgan fingerprint density at radius 2 is 2.14 bits per heavy atom. The van der Waals surface area contributed by atoms with Crippen molar-refractivity contribution < 1.29 is 13.5 Å². The van der Waals surface area contributed by atoms with E-state index in [9.17, 15) is 13.5 Å². The Morgan fingerprint density at radius 3 is 2.77 bits per heavy atom. The molecule has 0 aliphatic carbocycles. The summed E-state index contributed by atoms with van der Waals surface area (Å²) in [5.74, 6) is 0.275. The molecular weight excluding hydrogens is 308 g/mol. The Morgan fingerprint density at radius 1 is 1.41 bits per heavy atom. The van der Waals surface area contributed by atoms with E-state index in [1.54, 1.807) is 17.8 Å². The highest BCUT2D eigenvalue weighted by molar-refractivity contribution is 7.88. The number of hydrogen-bond acceptors (Lipinski definition) is 7. The number of sulfonamides is 1. The van der Waals surface area contributed by atoms with Crippen LogP contribution in [0.25, 0.3) is 11.2 Å². The number of nitrogen functional groups attached to an aromatic ring is 1. The summed E-state index contributed by atoms with van der Waals surface area (Å²) in [7, 11) is -3.34. The Labute approximate surface area is 127 Å². The molecule has 0 radical (unpaired) electrons. The maximum Gasteiger partial charge on any atom is 0.211 e. The van der Waals surface area contributed by atoms with E-state index in [-0.39, 0.29) is 18.4 Å². The summed E-state index contributed by atoms with van der Waals surface area (Å²) >= 11 is 0. The van der Waals surface area contributed by atoms with Gasteiger partial charge in [0.1, 0.15) is 11.8 Å². The zero-order valence-electron chi connectivity index (χ0n) is 12.3. The van der Waals surface area contributed by atoms with E-state index in [2.05, 4.69) is 15.0 Å². The topological polar surface area (TPSA) is 127 Å². The maximum absolute atomic E-state index is 11.7. The molecule has 2 aromatic rings.